The largest absolute Gasteiger partial charge is 0.369 e. The first-order valence-corrected chi connectivity index (χ1v) is 6.80. The summed E-state index contributed by atoms with van der Waals surface area (Å²) in [5.41, 5.74) is 5.45. The molecule has 0 aromatic heterocycles. The van der Waals surface area contributed by atoms with Crippen molar-refractivity contribution in [2.45, 2.75) is 53.9 Å². The fraction of sp³-hybridized carbons (Fsp3) is 0.857. The quantitative estimate of drug-likeness (QED) is 0.732. The Morgan fingerprint density at radius 3 is 2.06 bits per heavy atom. The topological polar surface area (TPSA) is 72.2 Å². The lowest BCUT2D eigenvalue weighted by atomic mass is 9.76. The van der Waals surface area contributed by atoms with Gasteiger partial charge in [-0.1, -0.05) is 34.1 Å². The highest BCUT2D eigenvalue weighted by Crippen LogP contribution is 2.31. The molecular formula is C14H28N2O2. The highest BCUT2D eigenvalue weighted by molar-refractivity contribution is 5.86. The van der Waals surface area contributed by atoms with Gasteiger partial charge in [0, 0.05) is 18.4 Å². The van der Waals surface area contributed by atoms with Gasteiger partial charge in [0.25, 0.3) is 0 Å². The van der Waals surface area contributed by atoms with Gasteiger partial charge in [-0.25, -0.2) is 0 Å². The van der Waals surface area contributed by atoms with E-state index in [0.29, 0.717) is 19.4 Å². The number of amides is 2. The molecule has 0 bridgehead atoms. The molecule has 106 valence electrons. The van der Waals surface area contributed by atoms with Gasteiger partial charge >= 0.3 is 0 Å². The monoisotopic (exact) mass is 256 g/mol. The molecule has 0 rings (SSSR count). The summed E-state index contributed by atoms with van der Waals surface area (Å²) in [5.74, 6) is -1.09. The zero-order chi connectivity index (χ0) is 14.3. The summed E-state index contributed by atoms with van der Waals surface area (Å²) in [5, 5.41) is 2.82. The number of hydrogen-bond donors (Lipinski definition) is 2. The number of hydrogen-bond acceptors (Lipinski definition) is 2. The molecule has 3 N–H and O–H groups in total. The predicted molar refractivity (Wildman–Crippen MR) is 73.8 cm³/mol. The van der Waals surface area contributed by atoms with Gasteiger partial charge < -0.3 is 11.1 Å². The standard InChI is InChI=1S/C14H28N2O2/c1-6-8-10(12(15)17)11(9-14(3,4)5)13(18)16-7-2/h10-11H,6-9H2,1-5H3,(H2,15,17)(H,16,18)/t10-,11+/m0/s1. The van der Waals surface area contributed by atoms with E-state index in [-0.39, 0.29) is 29.1 Å². The summed E-state index contributed by atoms with van der Waals surface area (Å²) >= 11 is 0. The average molecular weight is 256 g/mol. The number of carbonyl (C=O) groups excluding carboxylic acids is 2. The predicted octanol–water partition coefficient (Wildman–Crippen LogP) is 2.08. The third-order valence-corrected chi connectivity index (χ3v) is 2.97. The molecule has 0 radical (unpaired) electrons. The van der Waals surface area contributed by atoms with Crippen molar-refractivity contribution >= 4 is 11.8 Å². The van der Waals surface area contributed by atoms with E-state index in [1.54, 1.807) is 0 Å². The molecule has 0 saturated carbocycles. The van der Waals surface area contributed by atoms with Crippen molar-refractivity contribution in [3.05, 3.63) is 0 Å². The second kappa shape index (κ2) is 7.39. The van der Waals surface area contributed by atoms with Crippen molar-refractivity contribution in [3.63, 3.8) is 0 Å². The molecule has 0 aromatic carbocycles. The van der Waals surface area contributed by atoms with Crippen LogP contribution in [-0.4, -0.2) is 18.4 Å². The summed E-state index contributed by atoms with van der Waals surface area (Å²) in [6.45, 7) is 10.7. The van der Waals surface area contributed by atoms with Crippen molar-refractivity contribution < 1.29 is 9.59 Å². The zero-order valence-corrected chi connectivity index (χ0v) is 12.4. The van der Waals surface area contributed by atoms with Gasteiger partial charge in [-0.3, -0.25) is 9.59 Å². The second-order valence-electron chi connectivity index (χ2n) is 6.06. The Hall–Kier alpha value is -1.06. The van der Waals surface area contributed by atoms with Crippen LogP contribution in [0.2, 0.25) is 0 Å². The molecule has 4 nitrogen and oxygen atoms in total. The maximum atomic E-state index is 12.1. The van der Waals surface area contributed by atoms with Crippen LogP contribution in [0.5, 0.6) is 0 Å². The van der Waals surface area contributed by atoms with Gasteiger partial charge in [-0.05, 0) is 25.2 Å². The second-order valence-corrected chi connectivity index (χ2v) is 6.06. The van der Waals surface area contributed by atoms with Crippen LogP contribution < -0.4 is 11.1 Å². The minimum Gasteiger partial charge on any atom is -0.369 e. The van der Waals surface area contributed by atoms with Gasteiger partial charge in [-0.15, -0.1) is 0 Å². The molecule has 0 saturated heterocycles. The SMILES string of the molecule is CCC[C@H](C(N)=O)[C@@H](CC(C)(C)C)C(=O)NCC. The van der Waals surface area contributed by atoms with E-state index in [9.17, 15) is 9.59 Å². The van der Waals surface area contributed by atoms with Crippen LogP contribution >= 0.6 is 0 Å². The van der Waals surface area contributed by atoms with Crippen LogP contribution in [-0.2, 0) is 9.59 Å². The average Bonchev–Trinajstić information content (AvgIpc) is 2.21. The van der Waals surface area contributed by atoms with Crippen LogP contribution in [0, 0.1) is 17.3 Å². The summed E-state index contributed by atoms with van der Waals surface area (Å²) in [6, 6.07) is 0. The Balaban J connectivity index is 5.02. The van der Waals surface area contributed by atoms with Crippen molar-refractivity contribution in [1.82, 2.24) is 5.32 Å². The van der Waals surface area contributed by atoms with E-state index in [1.165, 1.54) is 0 Å². The lowest BCUT2D eigenvalue weighted by molar-refractivity contribution is -0.134. The van der Waals surface area contributed by atoms with Crippen LogP contribution in [0.4, 0.5) is 0 Å². The first-order valence-electron chi connectivity index (χ1n) is 6.80. The van der Waals surface area contributed by atoms with E-state index in [2.05, 4.69) is 26.1 Å². The van der Waals surface area contributed by atoms with E-state index in [0.717, 1.165) is 6.42 Å². The molecule has 0 heterocycles. The van der Waals surface area contributed by atoms with Crippen molar-refractivity contribution in [2.75, 3.05) is 6.54 Å². The van der Waals surface area contributed by atoms with Crippen molar-refractivity contribution in [3.8, 4) is 0 Å². The van der Waals surface area contributed by atoms with E-state index < -0.39 is 0 Å². The number of nitrogens with one attached hydrogen (secondary N) is 1. The first kappa shape index (κ1) is 16.9. The van der Waals surface area contributed by atoms with E-state index in [1.807, 2.05) is 13.8 Å². The van der Waals surface area contributed by atoms with Gasteiger partial charge in [0.05, 0.1) is 0 Å². The normalized spacial score (nSPS) is 14.9. The molecule has 0 aliphatic heterocycles. The van der Waals surface area contributed by atoms with Crippen LogP contribution in [0.3, 0.4) is 0 Å². The fourth-order valence-electron chi connectivity index (χ4n) is 2.24. The maximum Gasteiger partial charge on any atom is 0.223 e. The highest BCUT2D eigenvalue weighted by atomic mass is 16.2. The molecule has 0 unspecified atom stereocenters. The molecule has 0 spiro atoms. The van der Waals surface area contributed by atoms with Crippen LogP contribution in [0.25, 0.3) is 0 Å². The maximum absolute atomic E-state index is 12.1. The Morgan fingerprint density at radius 2 is 1.72 bits per heavy atom. The Bertz CT molecular complexity index is 282. The molecule has 0 aliphatic rings. The molecule has 4 heteroatoms. The van der Waals surface area contributed by atoms with E-state index in [4.69, 9.17) is 5.73 Å². The van der Waals surface area contributed by atoms with Crippen LogP contribution in [0.1, 0.15) is 53.9 Å². The molecule has 2 atom stereocenters. The van der Waals surface area contributed by atoms with Crippen molar-refractivity contribution in [2.24, 2.45) is 23.0 Å². The van der Waals surface area contributed by atoms with Gasteiger partial charge in [0.15, 0.2) is 0 Å². The number of rotatable bonds is 7. The summed E-state index contributed by atoms with van der Waals surface area (Å²) in [6.07, 6.45) is 2.20. The van der Waals surface area contributed by atoms with E-state index >= 15 is 0 Å². The van der Waals surface area contributed by atoms with Crippen LogP contribution in [0.15, 0.2) is 0 Å². The lowest BCUT2D eigenvalue weighted by Crippen LogP contribution is -2.42. The Labute approximate surface area is 111 Å². The highest BCUT2D eigenvalue weighted by Gasteiger charge is 2.34. The van der Waals surface area contributed by atoms with Gasteiger partial charge in [-0.2, -0.15) is 0 Å². The summed E-state index contributed by atoms with van der Waals surface area (Å²) in [4.78, 5) is 23.7. The molecule has 2 amide bonds. The lowest BCUT2D eigenvalue weighted by Gasteiger charge is -2.29. The zero-order valence-electron chi connectivity index (χ0n) is 12.4. The minimum atomic E-state index is -0.364. The summed E-state index contributed by atoms with van der Waals surface area (Å²) < 4.78 is 0. The van der Waals surface area contributed by atoms with Crippen molar-refractivity contribution in [1.29, 1.82) is 0 Å². The fourth-order valence-corrected chi connectivity index (χ4v) is 2.24. The third kappa shape index (κ3) is 6.03. The smallest absolute Gasteiger partial charge is 0.223 e. The molecule has 18 heavy (non-hydrogen) atoms. The Kier molecular flexibility index (Phi) is 6.96. The third-order valence-electron chi connectivity index (χ3n) is 2.97. The first-order chi connectivity index (χ1) is 8.22. The van der Waals surface area contributed by atoms with Gasteiger partial charge in [0.2, 0.25) is 11.8 Å². The van der Waals surface area contributed by atoms with Gasteiger partial charge in [0.1, 0.15) is 0 Å². The molecule has 0 aliphatic carbocycles. The number of primary amides is 1. The minimum absolute atomic E-state index is 0.00279. The molecular weight excluding hydrogens is 228 g/mol. The number of nitrogens with two attached hydrogens (primary N) is 1. The summed E-state index contributed by atoms with van der Waals surface area (Å²) in [7, 11) is 0. The number of carbonyl (C=O) groups is 2. The molecule has 0 fully saturated rings. The molecule has 0 aromatic rings. The Morgan fingerprint density at radius 1 is 1.17 bits per heavy atom.